The second kappa shape index (κ2) is 5.56. The molecule has 4 heteroatoms. The molecule has 1 aromatic rings. The molecule has 0 saturated heterocycles. The molecule has 0 atom stereocenters. The smallest absolute Gasteiger partial charge is 0.116 e. The molecule has 1 aliphatic rings. The highest BCUT2D eigenvalue weighted by Crippen LogP contribution is 2.29. The number of hydrogen-bond acceptors (Lipinski definition) is 3. The summed E-state index contributed by atoms with van der Waals surface area (Å²) >= 11 is 2.00. The van der Waals surface area contributed by atoms with Gasteiger partial charge in [-0.25, -0.2) is 4.98 Å². The van der Waals surface area contributed by atoms with Crippen molar-refractivity contribution in [2.24, 2.45) is 0 Å². The average Bonchev–Trinajstić information content (AvgIpc) is 2.76. The Bertz CT molecular complexity index is 295. The zero-order chi connectivity index (χ0) is 10.5. The summed E-state index contributed by atoms with van der Waals surface area (Å²) in [5.41, 5.74) is 0.814. The number of aliphatic hydroxyl groups is 1. The van der Waals surface area contributed by atoms with Crippen LogP contribution in [0.5, 0.6) is 0 Å². The van der Waals surface area contributed by atoms with E-state index in [-0.39, 0.29) is 6.61 Å². The van der Waals surface area contributed by atoms with Gasteiger partial charge in [-0.15, -0.1) is 0 Å². The van der Waals surface area contributed by atoms with Crippen molar-refractivity contribution < 1.29 is 5.11 Å². The summed E-state index contributed by atoms with van der Waals surface area (Å²) in [6, 6.07) is 0. The van der Waals surface area contributed by atoms with E-state index in [9.17, 15) is 0 Å². The molecular formula is C11H18N2OS. The number of rotatable bonds is 4. The van der Waals surface area contributed by atoms with E-state index in [2.05, 4.69) is 9.97 Å². The van der Waals surface area contributed by atoms with Crippen LogP contribution in [-0.2, 0) is 12.4 Å². The molecule has 1 saturated carbocycles. The van der Waals surface area contributed by atoms with Crippen molar-refractivity contribution in [1.82, 2.24) is 9.97 Å². The van der Waals surface area contributed by atoms with Crippen molar-refractivity contribution in [3.8, 4) is 0 Å². The largest absolute Gasteiger partial charge is 0.390 e. The highest BCUT2D eigenvalue weighted by molar-refractivity contribution is 7.99. The normalized spacial score (nSPS) is 18.2. The number of imidazole rings is 1. The van der Waals surface area contributed by atoms with Gasteiger partial charge in [0.05, 0.1) is 24.3 Å². The molecule has 1 fully saturated rings. The molecule has 1 aliphatic carbocycles. The zero-order valence-electron chi connectivity index (χ0n) is 8.91. The maximum Gasteiger partial charge on any atom is 0.116 e. The molecule has 3 nitrogen and oxygen atoms in total. The van der Waals surface area contributed by atoms with Crippen LogP contribution in [0.1, 0.15) is 43.6 Å². The van der Waals surface area contributed by atoms with E-state index in [1.165, 1.54) is 32.1 Å². The Morgan fingerprint density at radius 3 is 2.87 bits per heavy atom. The minimum Gasteiger partial charge on any atom is -0.390 e. The quantitative estimate of drug-likeness (QED) is 0.829. The zero-order valence-corrected chi connectivity index (χ0v) is 9.72. The van der Waals surface area contributed by atoms with Crippen molar-refractivity contribution in [3.63, 3.8) is 0 Å². The van der Waals surface area contributed by atoms with Crippen LogP contribution in [-0.4, -0.2) is 20.3 Å². The summed E-state index contributed by atoms with van der Waals surface area (Å²) in [6.45, 7) is 0.0566. The molecule has 0 unspecified atom stereocenters. The van der Waals surface area contributed by atoms with Gasteiger partial charge in [-0.3, -0.25) is 0 Å². The number of thioether (sulfide) groups is 1. The second-order valence-corrected chi connectivity index (χ2v) is 5.37. The summed E-state index contributed by atoms with van der Waals surface area (Å²) in [7, 11) is 0. The van der Waals surface area contributed by atoms with Crippen LogP contribution >= 0.6 is 11.8 Å². The van der Waals surface area contributed by atoms with Gasteiger partial charge in [0, 0.05) is 5.25 Å². The maximum absolute atomic E-state index is 8.89. The van der Waals surface area contributed by atoms with Gasteiger partial charge in [0.1, 0.15) is 5.82 Å². The summed E-state index contributed by atoms with van der Waals surface area (Å²) in [5.74, 6) is 1.94. The lowest BCUT2D eigenvalue weighted by atomic mass is 10.0. The van der Waals surface area contributed by atoms with Crippen molar-refractivity contribution in [1.29, 1.82) is 0 Å². The van der Waals surface area contributed by atoms with Crippen LogP contribution in [0.4, 0.5) is 0 Å². The summed E-state index contributed by atoms with van der Waals surface area (Å²) in [6.07, 6.45) is 8.62. The third kappa shape index (κ3) is 3.24. The first-order valence-electron chi connectivity index (χ1n) is 5.63. The first-order chi connectivity index (χ1) is 7.38. The number of aromatic amines is 1. The van der Waals surface area contributed by atoms with Gasteiger partial charge in [0.15, 0.2) is 0 Å². The molecule has 1 heterocycles. The van der Waals surface area contributed by atoms with Gasteiger partial charge in [-0.2, -0.15) is 11.8 Å². The van der Waals surface area contributed by atoms with Gasteiger partial charge in [-0.1, -0.05) is 19.3 Å². The SMILES string of the molecule is OCc1cnc(CSC2CCCCC2)[nH]1. The molecule has 0 radical (unpaired) electrons. The van der Waals surface area contributed by atoms with Crippen molar-refractivity contribution in [2.75, 3.05) is 0 Å². The molecule has 0 aliphatic heterocycles. The molecule has 0 amide bonds. The van der Waals surface area contributed by atoms with Gasteiger partial charge < -0.3 is 10.1 Å². The number of aromatic nitrogens is 2. The van der Waals surface area contributed by atoms with E-state index in [1.54, 1.807) is 6.20 Å². The lowest BCUT2D eigenvalue weighted by molar-refractivity contribution is 0.277. The molecule has 2 rings (SSSR count). The van der Waals surface area contributed by atoms with Gasteiger partial charge in [0.25, 0.3) is 0 Å². The molecule has 2 N–H and O–H groups in total. The monoisotopic (exact) mass is 226 g/mol. The fraction of sp³-hybridized carbons (Fsp3) is 0.727. The minimum absolute atomic E-state index is 0.0566. The van der Waals surface area contributed by atoms with Crippen LogP contribution in [0.15, 0.2) is 6.20 Å². The molecule has 15 heavy (non-hydrogen) atoms. The van der Waals surface area contributed by atoms with Gasteiger partial charge >= 0.3 is 0 Å². The van der Waals surface area contributed by atoms with Crippen molar-refractivity contribution in [3.05, 3.63) is 17.7 Å². The van der Waals surface area contributed by atoms with Crippen LogP contribution < -0.4 is 0 Å². The van der Waals surface area contributed by atoms with Crippen LogP contribution in [0.25, 0.3) is 0 Å². The van der Waals surface area contributed by atoms with Gasteiger partial charge in [-0.05, 0) is 12.8 Å². The van der Waals surface area contributed by atoms with Crippen molar-refractivity contribution >= 4 is 11.8 Å². The predicted molar refractivity (Wildman–Crippen MR) is 62.7 cm³/mol. The molecular weight excluding hydrogens is 208 g/mol. The van der Waals surface area contributed by atoms with E-state index in [4.69, 9.17) is 5.11 Å². The van der Waals surface area contributed by atoms with E-state index in [1.807, 2.05) is 11.8 Å². The Hall–Kier alpha value is -0.480. The lowest BCUT2D eigenvalue weighted by Crippen LogP contribution is -2.08. The van der Waals surface area contributed by atoms with E-state index in [0.29, 0.717) is 0 Å². The average molecular weight is 226 g/mol. The Morgan fingerprint density at radius 1 is 1.40 bits per heavy atom. The topological polar surface area (TPSA) is 48.9 Å². The standard InChI is InChI=1S/C11H18N2OS/c14-7-9-6-12-11(13-9)8-15-10-4-2-1-3-5-10/h6,10,14H,1-5,7-8H2,(H,12,13). The number of nitrogens with one attached hydrogen (secondary N) is 1. The number of nitrogens with zero attached hydrogens (tertiary/aromatic N) is 1. The highest BCUT2D eigenvalue weighted by atomic mass is 32.2. The first kappa shape index (κ1) is 11.0. The minimum atomic E-state index is 0.0566. The number of hydrogen-bond donors (Lipinski definition) is 2. The Kier molecular flexibility index (Phi) is 4.09. The summed E-state index contributed by atoms with van der Waals surface area (Å²) in [5, 5.41) is 9.71. The van der Waals surface area contributed by atoms with Crippen LogP contribution in [0.2, 0.25) is 0 Å². The molecule has 1 aromatic heterocycles. The van der Waals surface area contributed by atoms with Crippen molar-refractivity contribution in [2.45, 2.75) is 49.7 Å². The second-order valence-electron chi connectivity index (χ2n) is 4.08. The molecule has 0 spiro atoms. The summed E-state index contributed by atoms with van der Waals surface area (Å²) in [4.78, 5) is 7.36. The van der Waals surface area contributed by atoms with E-state index < -0.39 is 0 Å². The molecule has 84 valence electrons. The fourth-order valence-electron chi connectivity index (χ4n) is 1.99. The number of aliphatic hydroxyl groups excluding tert-OH is 1. The summed E-state index contributed by atoms with van der Waals surface area (Å²) < 4.78 is 0. The first-order valence-corrected chi connectivity index (χ1v) is 6.68. The number of H-pyrrole nitrogens is 1. The fourth-order valence-corrected chi connectivity index (χ4v) is 3.19. The lowest BCUT2D eigenvalue weighted by Gasteiger charge is -2.20. The third-order valence-electron chi connectivity index (χ3n) is 2.86. The molecule has 0 aromatic carbocycles. The van der Waals surface area contributed by atoms with E-state index in [0.717, 1.165) is 22.5 Å². The highest BCUT2D eigenvalue weighted by Gasteiger charge is 2.14. The molecule has 0 bridgehead atoms. The Morgan fingerprint density at radius 2 is 2.20 bits per heavy atom. The van der Waals surface area contributed by atoms with Gasteiger partial charge in [0.2, 0.25) is 0 Å². The predicted octanol–water partition coefficient (Wildman–Crippen LogP) is 2.47. The van der Waals surface area contributed by atoms with E-state index >= 15 is 0 Å². The Labute approximate surface area is 94.7 Å². The van der Waals surface area contributed by atoms with Crippen LogP contribution in [0, 0.1) is 0 Å². The van der Waals surface area contributed by atoms with Crippen LogP contribution in [0.3, 0.4) is 0 Å². The third-order valence-corrected chi connectivity index (χ3v) is 4.24. The maximum atomic E-state index is 8.89. The Balaban J connectivity index is 1.76.